The van der Waals surface area contributed by atoms with Crippen LogP contribution in [-0.2, 0) is 16.0 Å². The number of pyridine rings is 1. The van der Waals surface area contributed by atoms with Gasteiger partial charge >= 0.3 is 5.97 Å². The van der Waals surface area contributed by atoms with Crippen molar-refractivity contribution in [2.24, 2.45) is 0 Å². The topological polar surface area (TPSA) is 65.2 Å². The van der Waals surface area contributed by atoms with Gasteiger partial charge in [0.2, 0.25) is 0 Å². The molecule has 0 amide bonds. The Morgan fingerprint density at radius 3 is 2.81 bits per heavy atom. The molecule has 16 heavy (non-hydrogen) atoms. The van der Waals surface area contributed by atoms with Crippen molar-refractivity contribution < 1.29 is 18.3 Å². The van der Waals surface area contributed by atoms with Gasteiger partial charge in [0.25, 0.3) is 6.43 Å². The van der Waals surface area contributed by atoms with Crippen LogP contribution in [0.15, 0.2) is 10.7 Å². The molecule has 0 aliphatic carbocycles. The molecule has 0 unspecified atom stereocenters. The molecule has 4 nitrogen and oxygen atoms in total. The molecule has 7 heteroatoms. The number of anilines is 1. The largest absolute Gasteiger partial charge is 0.469 e. The van der Waals surface area contributed by atoms with Gasteiger partial charge in [0, 0.05) is 11.8 Å². The summed E-state index contributed by atoms with van der Waals surface area (Å²) in [5, 5.41) is 0. The van der Waals surface area contributed by atoms with Gasteiger partial charge in [-0.2, -0.15) is 0 Å². The maximum Gasteiger partial charge on any atom is 0.310 e. The molecule has 0 atom stereocenters. The van der Waals surface area contributed by atoms with Gasteiger partial charge in [-0.25, -0.2) is 8.78 Å². The molecule has 1 aromatic heterocycles. The molecule has 0 fully saturated rings. The van der Waals surface area contributed by atoms with Crippen LogP contribution in [0.4, 0.5) is 14.5 Å². The van der Waals surface area contributed by atoms with Crippen LogP contribution in [0.25, 0.3) is 0 Å². The average Bonchev–Trinajstić information content (AvgIpc) is 2.24. The number of hydrogen-bond donors (Lipinski definition) is 1. The molecule has 0 aromatic carbocycles. The smallest absolute Gasteiger partial charge is 0.310 e. The zero-order chi connectivity index (χ0) is 12.3. The molecule has 0 spiro atoms. The summed E-state index contributed by atoms with van der Waals surface area (Å²) in [6.45, 7) is 0. The number of aromatic nitrogens is 1. The van der Waals surface area contributed by atoms with E-state index in [1.807, 2.05) is 0 Å². The number of carbonyl (C=O) groups excluding carboxylic acids is 1. The first-order valence-electron chi connectivity index (χ1n) is 4.25. The molecule has 88 valence electrons. The van der Waals surface area contributed by atoms with Crippen LogP contribution in [0.1, 0.15) is 17.7 Å². The van der Waals surface area contributed by atoms with Gasteiger partial charge in [-0.3, -0.25) is 9.78 Å². The normalized spacial score (nSPS) is 10.6. The second-order valence-electron chi connectivity index (χ2n) is 2.94. The summed E-state index contributed by atoms with van der Waals surface area (Å²) in [5.74, 6) is -0.645. The lowest BCUT2D eigenvalue weighted by Crippen LogP contribution is -2.11. The lowest BCUT2D eigenvalue weighted by atomic mass is 10.1. The van der Waals surface area contributed by atoms with E-state index in [0.29, 0.717) is 4.47 Å². The van der Waals surface area contributed by atoms with Crippen molar-refractivity contribution in [2.75, 3.05) is 12.8 Å². The van der Waals surface area contributed by atoms with Gasteiger partial charge in [0.05, 0.1) is 23.7 Å². The molecular weight excluding hydrogens is 286 g/mol. The lowest BCUT2D eigenvalue weighted by molar-refractivity contribution is -0.139. The van der Waals surface area contributed by atoms with Gasteiger partial charge < -0.3 is 10.5 Å². The molecule has 0 saturated carbocycles. The Kier molecular flexibility index (Phi) is 4.17. The first-order chi connectivity index (χ1) is 7.47. The third-order valence-electron chi connectivity index (χ3n) is 1.96. The number of nitrogens with zero attached hydrogens (tertiary/aromatic N) is 1. The van der Waals surface area contributed by atoms with Gasteiger partial charge in [-0.15, -0.1) is 0 Å². The summed E-state index contributed by atoms with van der Waals surface area (Å²) in [6, 6.07) is 0. The number of esters is 1. The van der Waals surface area contributed by atoms with E-state index in [4.69, 9.17) is 5.73 Å². The summed E-state index contributed by atoms with van der Waals surface area (Å²) >= 11 is 3.06. The van der Waals surface area contributed by atoms with Crippen molar-refractivity contribution in [3.05, 3.63) is 21.9 Å². The SMILES string of the molecule is COC(=O)Cc1c(C(F)F)ncc(Br)c1N. The third-order valence-corrected chi connectivity index (χ3v) is 2.60. The lowest BCUT2D eigenvalue weighted by Gasteiger charge is -2.11. The summed E-state index contributed by atoms with van der Waals surface area (Å²) in [6.07, 6.45) is -1.93. The van der Waals surface area contributed by atoms with Crippen LogP contribution in [0.2, 0.25) is 0 Å². The summed E-state index contributed by atoms with van der Waals surface area (Å²) in [7, 11) is 1.17. The maximum absolute atomic E-state index is 12.6. The van der Waals surface area contributed by atoms with E-state index in [9.17, 15) is 13.6 Å². The van der Waals surface area contributed by atoms with Crippen LogP contribution in [0.5, 0.6) is 0 Å². The van der Waals surface area contributed by atoms with Gasteiger partial charge in [-0.05, 0) is 15.9 Å². The number of nitrogen functional groups attached to an aromatic ring is 1. The second-order valence-corrected chi connectivity index (χ2v) is 3.79. The van der Waals surface area contributed by atoms with E-state index in [2.05, 4.69) is 25.7 Å². The Morgan fingerprint density at radius 1 is 1.69 bits per heavy atom. The highest BCUT2D eigenvalue weighted by Crippen LogP contribution is 2.30. The van der Waals surface area contributed by atoms with Crippen molar-refractivity contribution >= 4 is 27.6 Å². The standard InChI is InChI=1S/C9H9BrF2N2O2/c1-16-6(15)2-4-7(13)5(10)3-14-8(4)9(11)12/h3,9H,2H2,1H3,(H2,13,14). The van der Waals surface area contributed by atoms with Crippen molar-refractivity contribution in [3.8, 4) is 0 Å². The maximum atomic E-state index is 12.6. The first kappa shape index (κ1) is 12.8. The number of nitrogens with two attached hydrogens (primary N) is 1. The number of hydrogen-bond acceptors (Lipinski definition) is 4. The molecule has 2 N–H and O–H groups in total. The Morgan fingerprint density at radius 2 is 2.31 bits per heavy atom. The number of halogens is 3. The number of rotatable bonds is 3. The van der Waals surface area contributed by atoms with Gasteiger partial charge in [0.1, 0.15) is 5.69 Å². The van der Waals surface area contributed by atoms with E-state index >= 15 is 0 Å². The quantitative estimate of drug-likeness (QED) is 0.867. The van der Waals surface area contributed by atoms with Crippen LogP contribution < -0.4 is 5.73 Å². The Labute approximate surface area is 98.9 Å². The molecule has 0 saturated heterocycles. The fourth-order valence-electron chi connectivity index (χ4n) is 1.15. The molecule has 1 aromatic rings. The van der Waals surface area contributed by atoms with E-state index < -0.39 is 18.1 Å². The zero-order valence-corrected chi connectivity index (χ0v) is 9.92. The summed E-state index contributed by atoms with van der Waals surface area (Å²) < 4.78 is 30.0. The van der Waals surface area contributed by atoms with Crippen molar-refractivity contribution in [1.82, 2.24) is 4.98 Å². The minimum absolute atomic E-state index is 0.00350. The Balaban J connectivity index is 3.20. The fraction of sp³-hybridized carbons (Fsp3) is 0.333. The third kappa shape index (κ3) is 2.66. The van der Waals surface area contributed by atoms with Crippen LogP contribution in [0.3, 0.4) is 0 Å². The molecule has 0 bridgehead atoms. The monoisotopic (exact) mass is 294 g/mol. The molecule has 0 aliphatic rings. The van der Waals surface area contributed by atoms with Crippen LogP contribution >= 0.6 is 15.9 Å². The fourth-order valence-corrected chi connectivity index (χ4v) is 1.49. The van der Waals surface area contributed by atoms with Gasteiger partial charge in [0.15, 0.2) is 0 Å². The predicted octanol–water partition coefficient (Wildman–Crippen LogP) is 2.08. The second kappa shape index (κ2) is 5.20. The number of ether oxygens (including phenoxy) is 1. The van der Waals surface area contributed by atoms with Crippen molar-refractivity contribution in [1.29, 1.82) is 0 Å². The molecule has 0 aliphatic heterocycles. The first-order valence-corrected chi connectivity index (χ1v) is 5.04. The zero-order valence-electron chi connectivity index (χ0n) is 8.34. The predicted molar refractivity (Wildman–Crippen MR) is 57.0 cm³/mol. The minimum atomic E-state index is -2.78. The van der Waals surface area contributed by atoms with Crippen molar-refractivity contribution in [2.45, 2.75) is 12.8 Å². The average molecular weight is 295 g/mol. The summed E-state index contributed by atoms with van der Waals surface area (Å²) in [5.41, 5.74) is 5.18. The Hall–Kier alpha value is -1.24. The molecule has 0 radical (unpaired) electrons. The van der Waals surface area contributed by atoms with E-state index in [1.165, 1.54) is 13.3 Å². The highest BCUT2D eigenvalue weighted by atomic mass is 79.9. The number of carbonyl (C=O) groups is 1. The molecular formula is C9H9BrF2N2O2. The highest BCUT2D eigenvalue weighted by molar-refractivity contribution is 9.10. The number of alkyl halides is 2. The minimum Gasteiger partial charge on any atom is -0.469 e. The van der Waals surface area contributed by atoms with Crippen LogP contribution in [-0.4, -0.2) is 18.1 Å². The summed E-state index contributed by atoms with van der Waals surface area (Å²) in [4.78, 5) is 14.6. The number of methoxy groups -OCH3 is 1. The van der Waals surface area contributed by atoms with Crippen LogP contribution in [0, 0.1) is 0 Å². The highest BCUT2D eigenvalue weighted by Gasteiger charge is 2.21. The molecule has 1 heterocycles. The Bertz CT molecular complexity index is 413. The van der Waals surface area contributed by atoms with E-state index in [1.54, 1.807) is 0 Å². The van der Waals surface area contributed by atoms with Gasteiger partial charge in [-0.1, -0.05) is 0 Å². The molecule has 1 rings (SSSR count). The van der Waals surface area contributed by atoms with E-state index in [-0.39, 0.29) is 17.7 Å². The van der Waals surface area contributed by atoms with Crippen molar-refractivity contribution in [3.63, 3.8) is 0 Å². The van der Waals surface area contributed by atoms with E-state index in [0.717, 1.165) is 0 Å².